The largest absolute Gasteiger partial charge is 0.488 e. The minimum atomic E-state index is -3.79. The molecule has 11 nitrogen and oxygen atoms in total. The number of fused-ring (bicyclic) bond motifs is 1. The zero-order chi connectivity index (χ0) is 34.4. The third kappa shape index (κ3) is 8.53. The Morgan fingerprint density at radius 1 is 1.12 bits per heavy atom. The van der Waals surface area contributed by atoms with Crippen LogP contribution in [0.1, 0.15) is 35.3 Å². The number of rotatable bonds is 11. The van der Waals surface area contributed by atoms with Gasteiger partial charge in [-0.1, -0.05) is 37.3 Å². The van der Waals surface area contributed by atoms with Crippen molar-refractivity contribution in [2.24, 2.45) is 5.92 Å². The van der Waals surface area contributed by atoms with E-state index in [0.717, 1.165) is 16.9 Å². The predicted octanol–water partition coefficient (Wildman–Crippen LogP) is 4.66. The summed E-state index contributed by atoms with van der Waals surface area (Å²) >= 11 is 1.12. The molecule has 0 unspecified atom stereocenters. The lowest BCUT2D eigenvalue weighted by Crippen LogP contribution is -2.47. The fourth-order valence-corrected chi connectivity index (χ4v) is 7.63. The highest BCUT2D eigenvalue weighted by atomic mass is 32.2. The molecular formula is C35H41N5O6S2. The number of carbonyl (C=O) groups excluding carboxylic acids is 2. The van der Waals surface area contributed by atoms with Crippen molar-refractivity contribution in [3.63, 3.8) is 0 Å². The second-order valence-corrected chi connectivity index (χ2v) is 15.0. The summed E-state index contributed by atoms with van der Waals surface area (Å²) in [4.78, 5) is 30.1. The van der Waals surface area contributed by atoms with Crippen molar-refractivity contribution in [3.05, 3.63) is 101 Å². The number of ether oxygens (including phenoxy) is 1. The molecule has 1 aliphatic rings. The number of likely N-dealkylation sites (N-methyl/N-ethyl adjacent to an activating group) is 1. The van der Waals surface area contributed by atoms with Gasteiger partial charge in [0, 0.05) is 42.4 Å². The van der Waals surface area contributed by atoms with E-state index < -0.39 is 16.1 Å². The summed E-state index contributed by atoms with van der Waals surface area (Å²) < 4.78 is 35.2. The molecule has 3 aromatic carbocycles. The number of nitrogens with two attached hydrogens (primary N) is 1. The minimum absolute atomic E-state index is 0.0136. The molecule has 4 aromatic rings. The quantitative estimate of drug-likeness (QED) is 0.166. The molecule has 5 rings (SSSR count). The van der Waals surface area contributed by atoms with Crippen LogP contribution in [0.5, 0.6) is 5.75 Å². The number of benzene rings is 3. The van der Waals surface area contributed by atoms with Gasteiger partial charge in [-0.15, -0.1) is 11.3 Å². The van der Waals surface area contributed by atoms with Gasteiger partial charge < -0.3 is 25.8 Å². The number of hydrogen-bond donors (Lipinski definition) is 4. The van der Waals surface area contributed by atoms with Crippen molar-refractivity contribution >= 4 is 50.2 Å². The van der Waals surface area contributed by atoms with Crippen LogP contribution in [0.2, 0.25) is 0 Å². The van der Waals surface area contributed by atoms with Crippen molar-refractivity contribution in [1.29, 1.82) is 0 Å². The van der Waals surface area contributed by atoms with E-state index in [-0.39, 0.29) is 41.1 Å². The Labute approximate surface area is 285 Å². The van der Waals surface area contributed by atoms with Gasteiger partial charge in [-0.05, 0) is 73.4 Å². The maximum absolute atomic E-state index is 13.6. The molecule has 3 atom stereocenters. The van der Waals surface area contributed by atoms with Crippen LogP contribution in [0.25, 0.3) is 0 Å². The normalized spacial score (nSPS) is 17.4. The molecular weight excluding hydrogens is 651 g/mol. The van der Waals surface area contributed by atoms with Crippen LogP contribution in [0, 0.1) is 5.92 Å². The highest BCUT2D eigenvalue weighted by Gasteiger charge is 2.31. The molecule has 0 aliphatic carbocycles. The molecule has 2 amide bonds. The third-order valence-corrected chi connectivity index (χ3v) is 11.1. The van der Waals surface area contributed by atoms with Gasteiger partial charge in [-0.2, -0.15) is 0 Å². The highest BCUT2D eigenvalue weighted by Crippen LogP contribution is 2.31. The molecule has 13 heteroatoms. The molecule has 0 spiro atoms. The summed E-state index contributed by atoms with van der Waals surface area (Å²) in [6, 6.07) is 22.2. The van der Waals surface area contributed by atoms with Gasteiger partial charge in [0.25, 0.3) is 15.9 Å². The summed E-state index contributed by atoms with van der Waals surface area (Å²) in [5, 5.41) is 14.5. The standard InChI is InChI=1S/C35H41N5O6S2/c1-23-19-40(24(2)22-41)33(42)18-27-17-28(38-48(44,45)34-9-6-16-47-34)14-15-31(27)46-32(23)21-39(3)20-25-10-12-26(13-11-25)35(43)37-30-8-5-4-7-29(30)36/h4-17,23-24,32,38,41H,18-22,36H2,1-3H3,(H,37,43)/t23-,24-,32+/m1/s1. The molecule has 5 N–H and O–H groups in total. The topological polar surface area (TPSA) is 154 Å². The van der Waals surface area contributed by atoms with Gasteiger partial charge in [-0.25, -0.2) is 8.42 Å². The van der Waals surface area contributed by atoms with E-state index >= 15 is 0 Å². The van der Waals surface area contributed by atoms with Crippen LogP contribution >= 0.6 is 11.3 Å². The number of amides is 2. The van der Waals surface area contributed by atoms with Crippen LogP contribution in [-0.2, 0) is 27.8 Å². The Morgan fingerprint density at radius 2 is 1.88 bits per heavy atom. The smallest absolute Gasteiger partial charge is 0.271 e. The molecule has 0 radical (unpaired) electrons. The molecule has 2 heterocycles. The number of nitrogens with zero attached hydrogens (tertiary/aromatic N) is 2. The van der Waals surface area contributed by atoms with E-state index in [4.69, 9.17) is 10.5 Å². The predicted molar refractivity (Wildman–Crippen MR) is 189 cm³/mol. The van der Waals surface area contributed by atoms with Gasteiger partial charge >= 0.3 is 0 Å². The van der Waals surface area contributed by atoms with Crippen molar-refractivity contribution in [1.82, 2.24) is 9.80 Å². The van der Waals surface area contributed by atoms with Crippen molar-refractivity contribution in [3.8, 4) is 5.75 Å². The number of anilines is 3. The van der Waals surface area contributed by atoms with Gasteiger partial charge in [0.2, 0.25) is 5.91 Å². The summed E-state index contributed by atoms with van der Waals surface area (Å²) in [7, 11) is -1.81. The third-order valence-electron chi connectivity index (χ3n) is 8.30. The zero-order valence-corrected chi connectivity index (χ0v) is 28.8. The number of sulfonamides is 1. The number of nitrogen functional groups attached to an aromatic ring is 1. The van der Waals surface area contributed by atoms with Crippen LogP contribution in [0.4, 0.5) is 17.1 Å². The number of nitrogens with one attached hydrogen (secondary N) is 2. The second kappa shape index (κ2) is 15.2. The summed E-state index contributed by atoms with van der Waals surface area (Å²) in [6.07, 6.45) is -0.358. The Hall–Kier alpha value is -4.43. The first kappa shape index (κ1) is 34.9. The summed E-state index contributed by atoms with van der Waals surface area (Å²) in [6.45, 7) is 5.09. The average molecular weight is 692 g/mol. The summed E-state index contributed by atoms with van der Waals surface area (Å²) in [5.41, 5.74) is 9.39. The number of carbonyl (C=O) groups is 2. The highest BCUT2D eigenvalue weighted by molar-refractivity contribution is 7.94. The Balaban J connectivity index is 1.32. The van der Waals surface area contributed by atoms with Gasteiger partial charge in [0.05, 0.1) is 30.4 Å². The molecule has 0 saturated heterocycles. The maximum atomic E-state index is 13.6. The van der Waals surface area contributed by atoms with Gasteiger partial charge in [0.1, 0.15) is 16.1 Å². The van der Waals surface area contributed by atoms with E-state index in [9.17, 15) is 23.1 Å². The van der Waals surface area contributed by atoms with E-state index in [1.54, 1.807) is 71.8 Å². The zero-order valence-electron chi connectivity index (χ0n) is 27.1. The Kier molecular flexibility index (Phi) is 11.0. The second-order valence-electron chi connectivity index (χ2n) is 12.2. The SMILES string of the molecule is C[C@@H]1CN([C@H](C)CO)C(=O)Cc2cc(NS(=O)(=O)c3cccs3)ccc2O[C@H]1CN(C)Cc1ccc(C(=O)Nc2ccccc2N)cc1. The fraction of sp³-hybridized carbons (Fsp3) is 0.314. The molecule has 1 aromatic heterocycles. The molecule has 1 aliphatic heterocycles. The summed E-state index contributed by atoms with van der Waals surface area (Å²) in [5.74, 6) is -0.0389. The number of thiophene rings is 1. The molecule has 0 saturated carbocycles. The monoisotopic (exact) mass is 691 g/mol. The van der Waals surface area contributed by atoms with E-state index in [1.807, 2.05) is 32.2 Å². The molecule has 0 bridgehead atoms. The molecule has 254 valence electrons. The van der Waals surface area contributed by atoms with E-state index in [1.165, 1.54) is 6.07 Å². The number of aliphatic hydroxyl groups excluding tert-OH is 1. The van der Waals surface area contributed by atoms with E-state index in [2.05, 4.69) is 14.9 Å². The van der Waals surface area contributed by atoms with Gasteiger partial charge in [-0.3, -0.25) is 19.2 Å². The lowest BCUT2D eigenvalue weighted by molar-refractivity contribution is -0.134. The Morgan fingerprint density at radius 3 is 2.56 bits per heavy atom. The number of aliphatic hydroxyl groups is 1. The first-order valence-corrected chi connectivity index (χ1v) is 18.0. The average Bonchev–Trinajstić information content (AvgIpc) is 3.62. The first-order valence-electron chi connectivity index (χ1n) is 15.6. The number of para-hydroxylation sites is 2. The van der Waals surface area contributed by atoms with Crippen LogP contribution < -0.4 is 20.5 Å². The van der Waals surface area contributed by atoms with Crippen molar-refractivity contribution in [2.75, 3.05) is 42.5 Å². The van der Waals surface area contributed by atoms with Crippen molar-refractivity contribution in [2.45, 2.75) is 43.2 Å². The first-order chi connectivity index (χ1) is 22.9. The van der Waals surface area contributed by atoms with Gasteiger partial charge in [0.15, 0.2) is 0 Å². The van der Waals surface area contributed by atoms with Crippen LogP contribution in [-0.4, -0.2) is 74.0 Å². The Bertz CT molecular complexity index is 1830. The minimum Gasteiger partial charge on any atom is -0.488 e. The van der Waals surface area contributed by atoms with Crippen LogP contribution in [0.15, 0.2) is 88.5 Å². The maximum Gasteiger partial charge on any atom is 0.271 e. The molecule has 48 heavy (non-hydrogen) atoms. The lowest BCUT2D eigenvalue weighted by Gasteiger charge is -2.34. The number of hydrogen-bond acceptors (Lipinski definition) is 9. The van der Waals surface area contributed by atoms with E-state index in [0.29, 0.717) is 53.6 Å². The van der Waals surface area contributed by atoms with Crippen LogP contribution in [0.3, 0.4) is 0 Å². The van der Waals surface area contributed by atoms with Crippen molar-refractivity contribution < 1.29 is 27.9 Å². The fourth-order valence-electron chi connectivity index (χ4n) is 5.58. The lowest BCUT2D eigenvalue weighted by atomic mass is 10.0. The molecule has 0 fully saturated rings.